The number of hydrogen-bond acceptors (Lipinski definition) is 1. The van der Waals surface area contributed by atoms with Gasteiger partial charge in [0.05, 0.1) is 5.56 Å². The van der Waals surface area contributed by atoms with Gasteiger partial charge in [-0.25, -0.2) is 0 Å². The van der Waals surface area contributed by atoms with Crippen molar-refractivity contribution in [2.75, 3.05) is 0 Å². The molecule has 0 aliphatic heterocycles. The summed E-state index contributed by atoms with van der Waals surface area (Å²) >= 11 is 0. The molecule has 3 nitrogen and oxygen atoms in total. The second-order valence-corrected chi connectivity index (χ2v) is 7.21. The zero-order valence-corrected chi connectivity index (χ0v) is 16.6. The van der Waals surface area contributed by atoms with Gasteiger partial charge in [0.25, 0.3) is 5.91 Å². The van der Waals surface area contributed by atoms with E-state index in [0.717, 1.165) is 34.5 Å². The lowest BCUT2D eigenvalue weighted by molar-refractivity contribution is -0.137. The number of benzene rings is 2. The molecule has 2 aromatic carbocycles. The van der Waals surface area contributed by atoms with Crippen molar-refractivity contribution in [1.29, 1.82) is 0 Å². The number of halogens is 3. The first-order valence-corrected chi connectivity index (χ1v) is 9.32. The Hall–Kier alpha value is -3.02. The Morgan fingerprint density at radius 2 is 1.69 bits per heavy atom. The van der Waals surface area contributed by atoms with Crippen molar-refractivity contribution in [3.8, 4) is 0 Å². The lowest BCUT2D eigenvalue weighted by Crippen LogP contribution is -2.27. The van der Waals surface area contributed by atoms with Crippen LogP contribution < -0.4 is 5.32 Å². The summed E-state index contributed by atoms with van der Waals surface area (Å²) in [5.41, 5.74) is 4.23. The third kappa shape index (κ3) is 4.70. The smallest absolute Gasteiger partial charge is 0.347 e. The SMILES string of the molecule is Cc1ccccc1Cn1c(C)cc(C)c1C(=O)NCc1cccc(C(F)(F)F)c1. The number of rotatable bonds is 5. The fourth-order valence-electron chi connectivity index (χ4n) is 3.44. The molecule has 3 rings (SSSR count). The van der Waals surface area contributed by atoms with Crippen molar-refractivity contribution in [2.24, 2.45) is 0 Å². The van der Waals surface area contributed by atoms with E-state index in [0.29, 0.717) is 17.8 Å². The molecular weight excluding hydrogens is 377 g/mol. The number of nitrogens with zero attached hydrogens (tertiary/aromatic N) is 1. The molecule has 3 aromatic rings. The number of amides is 1. The average molecular weight is 400 g/mol. The summed E-state index contributed by atoms with van der Waals surface area (Å²) in [7, 11) is 0. The zero-order valence-electron chi connectivity index (χ0n) is 16.6. The van der Waals surface area contributed by atoms with Crippen LogP contribution in [0.2, 0.25) is 0 Å². The third-order valence-corrected chi connectivity index (χ3v) is 5.01. The van der Waals surface area contributed by atoms with E-state index in [1.165, 1.54) is 6.07 Å². The highest BCUT2D eigenvalue weighted by Crippen LogP contribution is 2.29. The number of nitrogens with one attached hydrogen (secondary N) is 1. The van der Waals surface area contributed by atoms with Crippen LogP contribution >= 0.6 is 0 Å². The summed E-state index contributed by atoms with van der Waals surface area (Å²) in [4.78, 5) is 12.9. The van der Waals surface area contributed by atoms with Gasteiger partial charge in [0, 0.05) is 18.8 Å². The molecule has 0 spiro atoms. The van der Waals surface area contributed by atoms with Gasteiger partial charge in [-0.2, -0.15) is 13.2 Å². The Balaban J connectivity index is 1.81. The molecule has 0 radical (unpaired) electrons. The lowest BCUT2D eigenvalue weighted by Gasteiger charge is -2.15. The highest BCUT2D eigenvalue weighted by Gasteiger charge is 2.30. The van der Waals surface area contributed by atoms with E-state index in [4.69, 9.17) is 0 Å². The van der Waals surface area contributed by atoms with E-state index >= 15 is 0 Å². The van der Waals surface area contributed by atoms with Gasteiger partial charge in [-0.3, -0.25) is 4.79 Å². The predicted octanol–water partition coefficient (Wildman–Crippen LogP) is 5.41. The molecule has 0 aliphatic carbocycles. The largest absolute Gasteiger partial charge is 0.416 e. The van der Waals surface area contributed by atoms with Crippen molar-refractivity contribution >= 4 is 5.91 Å². The highest BCUT2D eigenvalue weighted by atomic mass is 19.4. The molecular formula is C23H23F3N2O. The highest BCUT2D eigenvalue weighted by molar-refractivity contribution is 5.94. The summed E-state index contributed by atoms with van der Waals surface area (Å²) in [6.45, 7) is 6.40. The Morgan fingerprint density at radius 3 is 2.38 bits per heavy atom. The molecule has 29 heavy (non-hydrogen) atoms. The van der Waals surface area contributed by atoms with Gasteiger partial charge >= 0.3 is 6.18 Å². The molecule has 0 saturated heterocycles. The fourth-order valence-corrected chi connectivity index (χ4v) is 3.44. The second kappa shape index (κ2) is 8.15. The molecule has 0 unspecified atom stereocenters. The van der Waals surface area contributed by atoms with Crippen molar-refractivity contribution in [1.82, 2.24) is 9.88 Å². The average Bonchev–Trinajstić information content (AvgIpc) is 2.94. The van der Waals surface area contributed by atoms with Gasteiger partial charge in [-0.15, -0.1) is 0 Å². The van der Waals surface area contributed by atoms with Crippen LogP contribution in [0, 0.1) is 20.8 Å². The first-order chi connectivity index (χ1) is 13.7. The molecule has 0 aliphatic rings. The van der Waals surface area contributed by atoms with Crippen LogP contribution in [0.25, 0.3) is 0 Å². The molecule has 0 saturated carbocycles. The Kier molecular flexibility index (Phi) is 5.82. The van der Waals surface area contributed by atoms with Gasteiger partial charge in [0.1, 0.15) is 5.69 Å². The van der Waals surface area contributed by atoms with Crippen molar-refractivity contribution in [3.63, 3.8) is 0 Å². The van der Waals surface area contributed by atoms with Crippen LogP contribution in [0.3, 0.4) is 0 Å². The van der Waals surface area contributed by atoms with E-state index < -0.39 is 11.7 Å². The fraction of sp³-hybridized carbons (Fsp3) is 0.261. The van der Waals surface area contributed by atoms with E-state index in [2.05, 4.69) is 5.32 Å². The summed E-state index contributed by atoms with van der Waals surface area (Å²) in [6.07, 6.45) is -4.41. The minimum Gasteiger partial charge on any atom is -0.347 e. The first-order valence-electron chi connectivity index (χ1n) is 9.32. The quantitative estimate of drug-likeness (QED) is 0.610. The number of aryl methyl sites for hydroxylation is 3. The summed E-state index contributed by atoms with van der Waals surface area (Å²) in [5, 5.41) is 2.76. The van der Waals surface area contributed by atoms with Gasteiger partial charge in [0.2, 0.25) is 0 Å². The van der Waals surface area contributed by atoms with Crippen LogP contribution in [0.15, 0.2) is 54.6 Å². The Morgan fingerprint density at radius 1 is 0.966 bits per heavy atom. The van der Waals surface area contributed by atoms with E-state index in [-0.39, 0.29) is 12.5 Å². The lowest BCUT2D eigenvalue weighted by atomic mass is 10.1. The third-order valence-electron chi connectivity index (χ3n) is 5.01. The van der Waals surface area contributed by atoms with Crippen molar-refractivity contribution in [3.05, 3.63) is 93.8 Å². The van der Waals surface area contributed by atoms with Crippen molar-refractivity contribution in [2.45, 2.75) is 40.0 Å². The summed E-state index contributed by atoms with van der Waals surface area (Å²) < 4.78 is 40.6. The molecule has 1 aromatic heterocycles. The predicted molar refractivity (Wildman–Crippen MR) is 107 cm³/mol. The summed E-state index contributed by atoms with van der Waals surface area (Å²) in [6, 6.07) is 14.9. The topological polar surface area (TPSA) is 34.0 Å². The normalized spacial score (nSPS) is 11.5. The Labute approximate surface area is 168 Å². The second-order valence-electron chi connectivity index (χ2n) is 7.21. The maximum Gasteiger partial charge on any atom is 0.416 e. The van der Waals surface area contributed by atoms with Gasteiger partial charge in [-0.05, 0) is 61.2 Å². The van der Waals surface area contributed by atoms with Crippen LogP contribution in [0.5, 0.6) is 0 Å². The standard InChI is InChI=1S/C23H23F3N2O/c1-15-7-4-5-9-19(15)14-28-17(3)11-16(2)21(28)22(29)27-13-18-8-6-10-20(12-18)23(24,25)26/h4-12H,13-14H2,1-3H3,(H,27,29). The van der Waals surface area contributed by atoms with Crippen LogP contribution in [0.4, 0.5) is 13.2 Å². The minimum absolute atomic E-state index is 0.0246. The molecule has 6 heteroatoms. The number of carbonyl (C=O) groups excluding carboxylic acids is 1. The maximum absolute atomic E-state index is 12.9. The van der Waals surface area contributed by atoms with E-state index in [1.54, 1.807) is 6.07 Å². The monoisotopic (exact) mass is 400 g/mol. The molecule has 0 atom stereocenters. The zero-order chi connectivity index (χ0) is 21.2. The molecule has 0 bridgehead atoms. The van der Waals surface area contributed by atoms with E-state index in [9.17, 15) is 18.0 Å². The van der Waals surface area contributed by atoms with Gasteiger partial charge < -0.3 is 9.88 Å². The van der Waals surface area contributed by atoms with E-state index in [1.807, 2.05) is 55.7 Å². The number of alkyl halides is 3. The van der Waals surface area contributed by atoms with Crippen molar-refractivity contribution < 1.29 is 18.0 Å². The van der Waals surface area contributed by atoms with Gasteiger partial charge in [0.15, 0.2) is 0 Å². The number of aromatic nitrogens is 1. The van der Waals surface area contributed by atoms with Crippen LogP contribution in [0.1, 0.15) is 44.0 Å². The first kappa shape index (κ1) is 20.7. The minimum atomic E-state index is -4.41. The molecule has 1 heterocycles. The number of hydrogen-bond donors (Lipinski definition) is 1. The Bertz CT molecular complexity index is 1030. The van der Waals surface area contributed by atoms with Crippen LogP contribution in [-0.2, 0) is 19.3 Å². The molecule has 0 fully saturated rings. The molecule has 1 N–H and O–H groups in total. The summed E-state index contributed by atoms with van der Waals surface area (Å²) in [5.74, 6) is -0.304. The maximum atomic E-state index is 12.9. The molecule has 152 valence electrons. The van der Waals surface area contributed by atoms with Gasteiger partial charge in [-0.1, -0.05) is 36.4 Å². The van der Waals surface area contributed by atoms with Crippen LogP contribution in [-0.4, -0.2) is 10.5 Å². The number of carbonyl (C=O) groups is 1. The molecule has 1 amide bonds.